The fraction of sp³-hybridized carbons (Fsp3) is 0.143. The number of nitro groups is 1. The topological polar surface area (TPSA) is 115 Å². The molecule has 0 saturated carbocycles. The molecule has 22 heavy (non-hydrogen) atoms. The van der Waals surface area contributed by atoms with Gasteiger partial charge < -0.3 is 5.32 Å². The summed E-state index contributed by atoms with van der Waals surface area (Å²) in [6.07, 6.45) is 0. The third-order valence-electron chi connectivity index (χ3n) is 3.05. The van der Waals surface area contributed by atoms with E-state index in [0.717, 1.165) is 17.2 Å². The van der Waals surface area contributed by atoms with Crippen LogP contribution in [0.1, 0.15) is 11.1 Å². The number of anilines is 1. The van der Waals surface area contributed by atoms with Crippen LogP contribution in [-0.2, 0) is 16.6 Å². The van der Waals surface area contributed by atoms with Crippen molar-refractivity contribution in [1.82, 2.24) is 0 Å². The number of hydrogen-bond acceptors (Lipinski definition) is 5. The van der Waals surface area contributed by atoms with Gasteiger partial charge in [-0.1, -0.05) is 35.9 Å². The number of para-hydroxylation sites is 1. The van der Waals surface area contributed by atoms with Gasteiger partial charge >= 0.3 is 5.69 Å². The Hall–Kier alpha value is -2.45. The molecule has 2 aromatic carbocycles. The number of primary sulfonamides is 1. The summed E-state index contributed by atoms with van der Waals surface area (Å²) in [7, 11) is -4.17. The van der Waals surface area contributed by atoms with Gasteiger partial charge in [0.2, 0.25) is 10.0 Å². The maximum Gasteiger partial charge on any atom is 0.312 e. The van der Waals surface area contributed by atoms with E-state index in [0.29, 0.717) is 6.54 Å². The fourth-order valence-electron chi connectivity index (χ4n) is 2.10. The molecule has 0 aromatic heterocycles. The smallest absolute Gasteiger partial charge is 0.312 e. The van der Waals surface area contributed by atoms with Gasteiger partial charge in [0.15, 0.2) is 4.90 Å². The molecule has 8 heteroatoms. The van der Waals surface area contributed by atoms with Gasteiger partial charge in [0.25, 0.3) is 0 Å². The van der Waals surface area contributed by atoms with Gasteiger partial charge in [0.05, 0.1) is 4.92 Å². The van der Waals surface area contributed by atoms with Gasteiger partial charge in [-0.25, -0.2) is 13.6 Å². The van der Waals surface area contributed by atoms with Crippen LogP contribution in [0, 0.1) is 17.0 Å². The van der Waals surface area contributed by atoms with E-state index in [4.69, 9.17) is 5.14 Å². The maximum absolute atomic E-state index is 11.5. The van der Waals surface area contributed by atoms with Crippen molar-refractivity contribution in [2.24, 2.45) is 5.14 Å². The molecule has 0 spiro atoms. The summed E-state index contributed by atoms with van der Waals surface area (Å²) in [5.41, 5.74) is 1.55. The minimum atomic E-state index is -4.17. The van der Waals surface area contributed by atoms with E-state index in [2.05, 4.69) is 5.32 Å². The summed E-state index contributed by atoms with van der Waals surface area (Å²) in [5.74, 6) is 0. The van der Waals surface area contributed by atoms with Crippen molar-refractivity contribution in [3.05, 3.63) is 63.7 Å². The van der Waals surface area contributed by atoms with Crippen LogP contribution in [0.3, 0.4) is 0 Å². The molecule has 0 aliphatic heterocycles. The molecule has 0 unspecified atom stereocenters. The Morgan fingerprint density at radius 3 is 2.50 bits per heavy atom. The zero-order valence-electron chi connectivity index (χ0n) is 11.8. The predicted molar refractivity (Wildman–Crippen MR) is 83.0 cm³/mol. The lowest BCUT2D eigenvalue weighted by Gasteiger charge is -2.10. The number of rotatable bonds is 5. The van der Waals surface area contributed by atoms with E-state index in [1.807, 2.05) is 31.2 Å². The number of nitro benzene ring substituents is 1. The zero-order valence-corrected chi connectivity index (χ0v) is 12.6. The molecule has 3 N–H and O–H groups in total. The van der Waals surface area contributed by atoms with Crippen molar-refractivity contribution in [2.75, 3.05) is 5.32 Å². The first-order valence-electron chi connectivity index (χ1n) is 6.38. The minimum absolute atomic E-state index is 0.109. The molecule has 0 amide bonds. The average molecular weight is 321 g/mol. The molecule has 0 aliphatic rings. The number of nitrogens with one attached hydrogen (secondary N) is 1. The lowest BCUT2D eigenvalue weighted by Crippen LogP contribution is -2.15. The fourth-order valence-corrected chi connectivity index (χ4v) is 2.82. The summed E-state index contributed by atoms with van der Waals surface area (Å²) in [6.45, 7) is 2.27. The molecule has 7 nitrogen and oxygen atoms in total. The maximum atomic E-state index is 11.5. The van der Waals surface area contributed by atoms with Crippen LogP contribution in [0.5, 0.6) is 0 Å². The highest BCUT2D eigenvalue weighted by Gasteiger charge is 2.26. The van der Waals surface area contributed by atoms with Crippen LogP contribution in [0.2, 0.25) is 0 Å². The quantitative estimate of drug-likeness (QED) is 0.646. The van der Waals surface area contributed by atoms with Crippen molar-refractivity contribution in [3.63, 3.8) is 0 Å². The van der Waals surface area contributed by atoms with Crippen molar-refractivity contribution in [1.29, 1.82) is 0 Å². The molecular formula is C14H15N3O4S. The minimum Gasteiger partial charge on any atom is -0.375 e. The monoisotopic (exact) mass is 321 g/mol. The summed E-state index contributed by atoms with van der Waals surface area (Å²) in [5, 5.41) is 19.1. The predicted octanol–water partition coefficient (Wildman–Crippen LogP) is 2.16. The van der Waals surface area contributed by atoms with Gasteiger partial charge in [-0.15, -0.1) is 0 Å². The molecule has 0 aliphatic carbocycles. The van der Waals surface area contributed by atoms with Gasteiger partial charge in [-0.3, -0.25) is 10.1 Å². The lowest BCUT2D eigenvalue weighted by molar-refractivity contribution is -0.386. The van der Waals surface area contributed by atoms with Crippen LogP contribution < -0.4 is 10.5 Å². The standard InChI is InChI=1S/C14H15N3O4S/c1-10-4-2-5-11(8-10)9-16-12-6-3-7-13(22(15,20)21)14(12)17(18)19/h2-8,16H,9H2,1H3,(H2,15,20,21). The summed E-state index contributed by atoms with van der Waals surface area (Å²) in [6, 6.07) is 11.6. The van der Waals surface area contributed by atoms with E-state index < -0.39 is 25.5 Å². The number of sulfonamides is 1. The van der Waals surface area contributed by atoms with Crippen LogP contribution in [0.4, 0.5) is 11.4 Å². The summed E-state index contributed by atoms with van der Waals surface area (Å²) >= 11 is 0. The van der Waals surface area contributed by atoms with Crippen LogP contribution in [-0.4, -0.2) is 13.3 Å². The average Bonchev–Trinajstić information content (AvgIpc) is 2.43. The second-order valence-corrected chi connectivity index (χ2v) is 6.33. The molecular weight excluding hydrogens is 306 g/mol. The first-order chi connectivity index (χ1) is 10.3. The number of hydrogen-bond donors (Lipinski definition) is 2. The number of nitrogens with zero attached hydrogens (tertiary/aromatic N) is 1. The van der Waals surface area contributed by atoms with Gasteiger partial charge in [-0.2, -0.15) is 0 Å². The molecule has 0 fully saturated rings. The summed E-state index contributed by atoms with van der Waals surface area (Å²) in [4.78, 5) is 9.94. The molecule has 2 rings (SSSR count). The highest BCUT2D eigenvalue weighted by atomic mass is 32.2. The second kappa shape index (κ2) is 6.12. The number of benzene rings is 2. The first-order valence-corrected chi connectivity index (χ1v) is 7.93. The molecule has 2 aromatic rings. The van der Waals surface area contributed by atoms with E-state index in [1.54, 1.807) is 0 Å². The van der Waals surface area contributed by atoms with Crippen LogP contribution in [0.15, 0.2) is 47.4 Å². The van der Waals surface area contributed by atoms with E-state index in [9.17, 15) is 18.5 Å². The Balaban J connectivity index is 2.37. The highest BCUT2D eigenvalue weighted by molar-refractivity contribution is 7.89. The second-order valence-electron chi connectivity index (χ2n) is 4.80. The Bertz CT molecular complexity index is 819. The normalized spacial score (nSPS) is 11.2. The Morgan fingerprint density at radius 2 is 1.91 bits per heavy atom. The third-order valence-corrected chi connectivity index (χ3v) is 4.00. The third kappa shape index (κ3) is 3.60. The van der Waals surface area contributed by atoms with Crippen LogP contribution >= 0.6 is 0 Å². The van der Waals surface area contributed by atoms with Gasteiger partial charge in [0, 0.05) is 6.54 Å². The van der Waals surface area contributed by atoms with Crippen LogP contribution in [0.25, 0.3) is 0 Å². The van der Waals surface area contributed by atoms with E-state index in [-0.39, 0.29) is 5.69 Å². The lowest BCUT2D eigenvalue weighted by atomic mass is 10.1. The Morgan fingerprint density at radius 1 is 1.23 bits per heavy atom. The largest absolute Gasteiger partial charge is 0.375 e. The zero-order chi connectivity index (χ0) is 16.3. The molecule has 0 bridgehead atoms. The molecule has 0 heterocycles. The molecule has 116 valence electrons. The highest BCUT2D eigenvalue weighted by Crippen LogP contribution is 2.31. The SMILES string of the molecule is Cc1cccc(CNc2cccc(S(N)(=O)=O)c2[N+](=O)[O-])c1. The van der Waals surface area contributed by atoms with E-state index >= 15 is 0 Å². The molecule has 0 radical (unpaired) electrons. The van der Waals surface area contributed by atoms with Crippen molar-refractivity contribution in [2.45, 2.75) is 18.4 Å². The Labute approximate surface area is 128 Å². The number of nitrogens with two attached hydrogens (primary N) is 1. The van der Waals surface area contributed by atoms with Crippen molar-refractivity contribution >= 4 is 21.4 Å². The van der Waals surface area contributed by atoms with Gasteiger partial charge in [0.1, 0.15) is 5.69 Å². The Kier molecular flexibility index (Phi) is 4.43. The van der Waals surface area contributed by atoms with Crippen molar-refractivity contribution in [3.8, 4) is 0 Å². The number of aryl methyl sites for hydroxylation is 1. The van der Waals surface area contributed by atoms with Crippen molar-refractivity contribution < 1.29 is 13.3 Å². The molecule has 0 atom stereocenters. The first kappa shape index (κ1) is 15.9. The van der Waals surface area contributed by atoms with Gasteiger partial charge in [-0.05, 0) is 24.6 Å². The summed E-state index contributed by atoms with van der Waals surface area (Å²) < 4.78 is 22.9. The molecule has 0 saturated heterocycles. The van der Waals surface area contributed by atoms with E-state index in [1.165, 1.54) is 12.1 Å².